The molecule has 148 valence electrons. The van der Waals surface area contributed by atoms with Crippen LogP contribution in [0.25, 0.3) is 0 Å². The summed E-state index contributed by atoms with van der Waals surface area (Å²) in [7, 11) is 0. The minimum Gasteiger partial charge on any atom is -0.378 e. The van der Waals surface area contributed by atoms with Gasteiger partial charge in [-0.15, -0.1) is 0 Å². The topological polar surface area (TPSA) is 33.0 Å². The number of hydrogen-bond acceptors (Lipinski definition) is 2. The van der Waals surface area contributed by atoms with Crippen LogP contribution in [0.15, 0.2) is 24.3 Å². The molecule has 0 atom stereocenters. The molecule has 0 aliphatic heterocycles. The lowest BCUT2D eigenvalue weighted by molar-refractivity contribution is 0.0204. The summed E-state index contributed by atoms with van der Waals surface area (Å²) in [5.41, 5.74) is 2.15. The second-order valence-corrected chi connectivity index (χ2v) is 8.90. The summed E-state index contributed by atoms with van der Waals surface area (Å²) in [6, 6.07) is 10.4. The highest BCUT2D eigenvalue weighted by molar-refractivity contribution is 5.33. The molecule has 2 aliphatic rings. The van der Waals surface area contributed by atoms with E-state index in [4.69, 9.17) is 10.00 Å². The first-order valence-corrected chi connectivity index (χ1v) is 11.4. The first-order chi connectivity index (χ1) is 13.3. The van der Waals surface area contributed by atoms with Crippen LogP contribution in [0.1, 0.15) is 101 Å². The Morgan fingerprint density at radius 2 is 1.52 bits per heavy atom. The number of rotatable bonds is 8. The zero-order valence-corrected chi connectivity index (χ0v) is 17.2. The molecule has 0 aromatic heterocycles. The second kappa shape index (κ2) is 10.9. The summed E-state index contributed by atoms with van der Waals surface area (Å²) >= 11 is 0. The molecule has 1 aromatic carbocycles. The Kier molecular flexibility index (Phi) is 8.21. The van der Waals surface area contributed by atoms with Crippen molar-refractivity contribution in [1.82, 2.24) is 0 Å². The zero-order valence-electron chi connectivity index (χ0n) is 17.2. The Morgan fingerprint density at radius 1 is 0.889 bits per heavy atom. The number of ether oxygens (including phenoxy) is 1. The quantitative estimate of drug-likeness (QED) is 0.464. The molecule has 2 nitrogen and oxygen atoms in total. The van der Waals surface area contributed by atoms with Crippen LogP contribution < -0.4 is 0 Å². The van der Waals surface area contributed by atoms with E-state index in [0.717, 1.165) is 24.0 Å². The Labute approximate surface area is 166 Å². The first-order valence-electron chi connectivity index (χ1n) is 11.4. The van der Waals surface area contributed by atoms with Gasteiger partial charge in [-0.2, -0.15) is 5.26 Å². The van der Waals surface area contributed by atoms with Gasteiger partial charge in [-0.05, 0) is 74.0 Å². The third kappa shape index (κ3) is 6.35. The highest BCUT2D eigenvalue weighted by atomic mass is 16.5. The van der Waals surface area contributed by atoms with E-state index in [0.29, 0.717) is 12.0 Å². The summed E-state index contributed by atoms with van der Waals surface area (Å²) in [5.74, 6) is 2.64. The molecule has 2 heteroatoms. The van der Waals surface area contributed by atoms with E-state index in [-0.39, 0.29) is 0 Å². The Bertz CT molecular complexity index is 571. The number of nitrogens with zero attached hydrogens (tertiary/aromatic N) is 1. The van der Waals surface area contributed by atoms with E-state index >= 15 is 0 Å². The van der Waals surface area contributed by atoms with Gasteiger partial charge in [0.15, 0.2) is 0 Å². The van der Waals surface area contributed by atoms with Crippen molar-refractivity contribution < 1.29 is 4.74 Å². The normalized spacial score (nSPS) is 28.6. The molecule has 2 aliphatic carbocycles. The van der Waals surface area contributed by atoms with Crippen LogP contribution in [0.2, 0.25) is 0 Å². The first kappa shape index (κ1) is 20.4. The zero-order chi connectivity index (χ0) is 18.9. The molecule has 27 heavy (non-hydrogen) atoms. The van der Waals surface area contributed by atoms with Crippen molar-refractivity contribution in [3.8, 4) is 6.07 Å². The highest BCUT2D eigenvalue weighted by Crippen LogP contribution is 2.35. The largest absolute Gasteiger partial charge is 0.378 e. The van der Waals surface area contributed by atoms with Crippen molar-refractivity contribution in [1.29, 1.82) is 5.26 Å². The van der Waals surface area contributed by atoms with Gasteiger partial charge in [0.25, 0.3) is 0 Å². The molecule has 2 saturated carbocycles. The van der Waals surface area contributed by atoms with Gasteiger partial charge in [-0.3, -0.25) is 0 Å². The molecule has 0 unspecified atom stereocenters. The average molecular weight is 368 g/mol. The molecular formula is C25H37NO. The van der Waals surface area contributed by atoms with E-state index in [9.17, 15) is 0 Å². The standard InChI is InChI=1S/C25H37NO/c1-2-4-20-6-8-21(9-7-20)5-3-18-27-25-16-14-24(15-17-25)23-12-10-22(19-26)11-13-23/h10-13,20-21,24-25H,2-9,14-18H2,1H3. The van der Waals surface area contributed by atoms with E-state index in [1.165, 1.54) is 82.6 Å². The number of nitriles is 1. The fourth-order valence-electron chi connectivity index (χ4n) is 5.23. The van der Waals surface area contributed by atoms with Crippen LogP contribution in [-0.4, -0.2) is 12.7 Å². The van der Waals surface area contributed by atoms with Gasteiger partial charge in [0, 0.05) is 6.61 Å². The molecule has 0 saturated heterocycles. The monoisotopic (exact) mass is 367 g/mol. The van der Waals surface area contributed by atoms with Crippen molar-refractivity contribution >= 4 is 0 Å². The van der Waals surface area contributed by atoms with Crippen LogP contribution in [-0.2, 0) is 4.74 Å². The maximum atomic E-state index is 8.93. The van der Waals surface area contributed by atoms with Crippen LogP contribution in [0.5, 0.6) is 0 Å². The Morgan fingerprint density at radius 3 is 2.11 bits per heavy atom. The molecular weight excluding hydrogens is 330 g/mol. The smallest absolute Gasteiger partial charge is 0.0991 e. The minimum absolute atomic E-state index is 0.472. The van der Waals surface area contributed by atoms with Gasteiger partial charge in [-0.1, -0.05) is 57.6 Å². The lowest BCUT2D eigenvalue weighted by Crippen LogP contribution is -2.21. The van der Waals surface area contributed by atoms with Gasteiger partial charge in [0.05, 0.1) is 17.7 Å². The Balaban J connectivity index is 1.27. The molecule has 0 amide bonds. The SMILES string of the molecule is CCCC1CCC(CCCOC2CCC(c3ccc(C#N)cc3)CC2)CC1. The number of hydrogen-bond donors (Lipinski definition) is 0. The van der Waals surface area contributed by atoms with Crippen molar-refractivity contribution in [3.05, 3.63) is 35.4 Å². The van der Waals surface area contributed by atoms with E-state index < -0.39 is 0 Å². The molecule has 3 rings (SSSR count). The summed E-state index contributed by atoms with van der Waals surface area (Å²) in [4.78, 5) is 0. The maximum absolute atomic E-state index is 8.93. The summed E-state index contributed by atoms with van der Waals surface area (Å²) in [6.45, 7) is 3.28. The average Bonchev–Trinajstić information content (AvgIpc) is 2.73. The summed E-state index contributed by atoms with van der Waals surface area (Å²) < 4.78 is 6.21. The predicted octanol–water partition coefficient (Wildman–Crippen LogP) is 6.99. The van der Waals surface area contributed by atoms with Gasteiger partial charge >= 0.3 is 0 Å². The van der Waals surface area contributed by atoms with Gasteiger partial charge in [0.2, 0.25) is 0 Å². The van der Waals surface area contributed by atoms with Crippen molar-refractivity contribution in [3.63, 3.8) is 0 Å². The molecule has 2 fully saturated rings. The predicted molar refractivity (Wildman–Crippen MR) is 112 cm³/mol. The summed E-state index contributed by atoms with van der Waals surface area (Å²) in [5, 5.41) is 8.93. The fraction of sp³-hybridized carbons (Fsp3) is 0.720. The van der Waals surface area contributed by atoms with Crippen molar-refractivity contribution in [2.45, 2.75) is 96.0 Å². The molecule has 0 heterocycles. The van der Waals surface area contributed by atoms with Gasteiger partial charge in [0.1, 0.15) is 0 Å². The van der Waals surface area contributed by atoms with Gasteiger partial charge in [-0.25, -0.2) is 0 Å². The number of benzene rings is 1. The molecule has 0 bridgehead atoms. The van der Waals surface area contributed by atoms with Crippen LogP contribution >= 0.6 is 0 Å². The fourth-order valence-corrected chi connectivity index (χ4v) is 5.23. The third-order valence-corrected chi connectivity index (χ3v) is 6.96. The van der Waals surface area contributed by atoms with E-state index in [1.807, 2.05) is 12.1 Å². The third-order valence-electron chi connectivity index (χ3n) is 6.96. The van der Waals surface area contributed by atoms with E-state index in [2.05, 4.69) is 25.1 Å². The molecule has 0 radical (unpaired) electrons. The minimum atomic E-state index is 0.472. The van der Waals surface area contributed by atoms with Crippen molar-refractivity contribution in [2.75, 3.05) is 6.61 Å². The molecule has 1 aromatic rings. The summed E-state index contributed by atoms with van der Waals surface area (Å²) in [6.07, 6.45) is 16.6. The Hall–Kier alpha value is -1.33. The van der Waals surface area contributed by atoms with Crippen LogP contribution in [0, 0.1) is 23.2 Å². The van der Waals surface area contributed by atoms with Crippen LogP contribution in [0.4, 0.5) is 0 Å². The maximum Gasteiger partial charge on any atom is 0.0991 e. The lowest BCUT2D eigenvalue weighted by atomic mass is 9.78. The second-order valence-electron chi connectivity index (χ2n) is 8.90. The van der Waals surface area contributed by atoms with Gasteiger partial charge < -0.3 is 4.74 Å². The van der Waals surface area contributed by atoms with Crippen molar-refractivity contribution in [2.24, 2.45) is 11.8 Å². The van der Waals surface area contributed by atoms with Crippen LogP contribution in [0.3, 0.4) is 0 Å². The lowest BCUT2D eigenvalue weighted by Gasteiger charge is -2.30. The highest BCUT2D eigenvalue weighted by Gasteiger charge is 2.23. The van der Waals surface area contributed by atoms with E-state index in [1.54, 1.807) is 0 Å². The molecule has 0 spiro atoms. The molecule has 0 N–H and O–H groups in total.